The van der Waals surface area contributed by atoms with Gasteiger partial charge >= 0.3 is 5.97 Å². The van der Waals surface area contributed by atoms with Gasteiger partial charge in [-0.1, -0.05) is 0 Å². The first kappa shape index (κ1) is 18.8. The number of sulfonamides is 1. The zero-order chi connectivity index (χ0) is 18.0. The van der Waals surface area contributed by atoms with Gasteiger partial charge in [-0.2, -0.15) is 11.8 Å². The number of amides is 1. The molecule has 1 amide bonds. The number of aliphatic carboxylic acids is 1. The van der Waals surface area contributed by atoms with E-state index in [4.69, 9.17) is 0 Å². The van der Waals surface area contributed by atoms with Crippen molar-refractivity contribution >= 4 is 33.7 Å². The second-order valence-corrected chi connectivity index (χ2v) is 9.14. The van der Waals surface area contributed by atoms with Gasteiger partial charge in [0.25, 0.3) is 5.91 Å². The first-order chi connectivity index (χ1) is 11.2. The lowest BCUT2D eigenvalue weighted by Crippen LogP contribution is -2.56. The van der Waals surface area contributed by atoms with E-state index in [1.165, 1.54) is 38.4 Å². The number of hydrogen-bond donors (Lipinski definition) is 2. The lowest BCUT2D eigenvalue weighted by molar-refractivity contribution is -0.144. The molecule has 9 heteroatoms. The van der Waals surface area contributed by atoms with Gasteiger partial charge in [-0.15, -0.1) is 0 Å². The van der Waals surface area contributed by atoms with Crippen molar-refractivity contribution < 1.29 is 23.1 Å². The minimum Gasteiger partial charge on any atom is -0.480 e. The van der Waals surface area contributed by atoms with Gasteiger partial charge in [0.05, 0.1) is 4.90 Å². The summed E-state index contributed by atoms with van der Waals surface area (Å²) >= 11 is 1.66. The highest BCUT2D eigenvalue weighted by molar-refractivity contribution is 7.99. The van der Waals surface area contributed by atoms with E-state index in [0.717, 1.165) is 4.31 Å². The Morgan fingerprint density at radius 3 is 2.17 bits per heavy atom. The van der Waals surface area contributed by atoms with Crippen LogP contribution in [0.25, 0.3) is 0 Å². The van der Waals surface area contributed by atoms with Crippen molar-refractivity contribution in [1.82, 2.24) is 9.62 Å². The lowest BCUT2D eigenvalue weighted by Gasteiger charge is -2.33. The van der Waals surface area contributed by atoms with Crippen LogP contribution in [0.15, 0.2) is 29.2 Å². The Morgan fingerprint density at radius 2 is 1.71 bits per heavy atom. The number of carboxylic acids is 1. The second kappa shape index (κ2) is 7.12. The molecule has 7 nitrogen and oxygen atoms in total. The standard InChI is InChI=1S/C15H20N2O5S2/c1-17(2)24(21,22)12-5-3-11(4-6-12)13(18)16-15(14(19)20)7-9-23-10-8-15/h3-6H,7-10H2,1-2H3,(H,16,18)(H,19,20). The molecule has 1 aromatic rings. The van der Waals surface area contributed by atoms with Crippen LogP contribution in [0.3, 0.4) is 0 Å². The van der Waals surface area contributed by atoms with Crippen LogP contribution >= 0.6 is 11.8 Å². The largest absolute Gasteiger partial charge is 0.480 e. The number of carbonyl (C=O) groups excluding carboxylic acids is 1. The topological polar surface area (TPSA) is 104 Å². The quantitative estimate of drug-likeness (QED) is 0.800. The second-order valence-electron chi connectivity index (χ2n) is 5.77. The monoisotopic (exact) mass is 372 g/mol. The van der Waals surface area contributed by atoms with Gasteiger partial charge < -0.3 is 10.4 Å². The Kier molecular flexibility index (Phi) is 5.56. The van der Waals surface area contributed by atoms with Crippen LogP contribution in [0.5, 0.6) is 0 Å². The summed E-state index contributed by atoms with van der Waals surface area (Å²) in [7, 11) is -0.719. The van der Waals surface area contributed by atoms with E-state index in [9.17, 15) is 23.1 Å². The van der Waals surface area contributed by atoms with Crippen LogP contribution in [-0.4, -0.2) is 60.8 Å². The first-order valence-electron chi connectivity index (χ1n) is 7.35. The Bertz CT molecular complexity index is 723. The molecule has 0 unspecified atom stereocenters. The number of carbonyl (C=O) groups is 2. The van der Waals surface area contributed by atoms with Gasteiger partial charge in [-0.25, -0.2) is 17.5 Å². The van der Waals surface area contributed by atoms with Crippen LogP contribution in [-0.2, 0) is 14.8 Å². The molecule has 0 radical (unpaired) electrons. The number of nitrogens with zero attached hydrogens (tertiary/aromatic N) is 1. The number of benzene rings is 1. The summed E-state index contributed by atoms with van der Waals surface area (Å²) in [5.74, 6) is -0.208. The molecule has 2 rings (SSSR count). The Labute approximate surface area is 145 Å². The molecule has 1 aromatic carbocycles. The average Bonchev–Trinajstić information content (AvgIpc) is 2.55. The zero-order valence-corrected chi connectivity index (χ0v) is 15.1. The number of nitrogens with one attached hydrogen (secondary N) is 1. The molecule has 0 aliphatic carbocycles. The predicted molar refractivity (Wildman–Crippen MR) is 91.7 cm³/mol. The summed E-state index contributed by atoms with van der Waals surface area (Å²) in [5.41, 5.74) is -1.02. The molecule has 1 aliphatic heterocycles. The summed E-state index contributed by atoms with van der Waals surface area (Å²) in [4.78, 5) is 24.0. The smallest absolute Gasteiger partial charge is 0.329 e. The Morgan fingerprint density at radius 1 is 1.17 bits per heavy atom. The molecule has 1 fully saturated rings. The third-order valence-electron chi connectivity index (χ3n) is 4.00. The van der Waals surface area contributed by atoms with E-state index in [2.05, 4.69) is 5.32 Å². The highest BCUT2D eigenvalue weighted by atomic mass is 32.2. The minimum absolute atomic E-state index is 0.0751. The third-order valence-corrected chi connectivity index (χ3v) is 6.82. The van der Waals surface area contributed by atoms with Crippen LogP contribution in [0, 0.1) is 0 Å². The van der Waals surface area contributed by atoms with Crippen LogP contribution in [0.1, 0.15) is 23.2 Å². The third kappa shape index (κ3) is 3.73. The SMILES string of the molecule is CN(C)S(=O)(=O)c1ccc(C(=O)NC2(C(=O)O)CCSCC2)cc1. The van der Waals surface area contributed by atoms with Crippen molar-refractivity contribution in [3.05, 3.63) is 29.8 Å². The Hall–Kier alpha value is -1.58. The number of hydrogen-bond acceptors (Lipinski definition) is 5. The molecule has 24 heavy (non-hydrogen) atoms. The van der Waals surface area contributed by atoms with Gasteiger partial charge in [0, 0.05) is 19.7 Å². The number of thioether (sulfide) groups is 1. The molecule has 0 spiro atoms. The number of carboxylic acid groups (broad SMARTS) is 1. The van der Waals surface area contributed by atoms with Gasteiger partial charge in [-0.05, 0) is 48.6 Å². The summed E-state index contributed by atoms with van der Waals surface area (Å²) in [6, 6.07) is 5.46. The summed E-state index contributed by atoms with van der Waals surface area (Å²) in [6.45, 7) is 0. The van der Waals surface area contributed by atoms with Gasteiger partial charge in [0.15, 0.2) is 0 Å². The maximum Gasteiger partial charge on any atom is 0.329 e. The van der Waals surface area contributed by atoms with E-state index in [1.54, 1.807) is 11.8 Å². The highest BCUT2D eigenvalue weighted by Crippen LogP contribution is 2.28. The van der Waals surface area contributed by atoms with E-state index in [-0.39, 0.29) is 10.5 Å². The predicted octanol–water partition coefficient (Wildman–Crippen LogP) is 1.02. The molecule has 0 atom stereocenters. The van der Waals surface area contributed by atoms with Crippen LogP contribution in [0.4, 0.5) is 0 Å². The molecule has 0 saturated carbocycles. The van der Waals surface area contributed by atoms with Crippen molar-refractivity contribution in [2.24, 2.45) is 0 Å². The highest BCUT2D eigenvalue weighted by Gasteiger charge is 2.41. The molecule has 1 heterocycles. The summed E-state index contributed by atoms with van der Waals surface area (Å²) in [5, 5.41) is 12.1. The fourth-order valence-electron chi connectivity index (χ4n) is 2.39. The normalized spacial score (nSPS) is 17.5. The molecule has 0 bridgehead atoms. The van der Waals surface area contributed by atoms with E-state index in [0.29, 0.717) is 24.3 Å². The first-order valence-corrected chi connectivity index (χ1v) is 9.95. The molecule has 132 valence electrons. The van der Waals surface area contributed by atoms with Crippen molar-refractivity contribution in [3.63, 3.8) is 0 Å². The molecule has 0 aromatic heterocycles. The average molecular weight is 372 g/mol. The molecule has 1 saturated heterocycles. The van der Waals surface area contributed by atoms with Crippen molar-refractivity contribution in [2.75, 3.05) is 25.6 Å². The molecular weight excluding hydrogens is 352 g/mol. The fraction of sp³-hybridized carbons (Fsp3) is 0.467. The summed E-state index contributed by atoms with van der Waals surface area (Å²) in [6.07, 6.45) is 0.734. The van der Waals surface area contributed by atoms with Crippen molar-refractivity contribution in [1.29, 1.82) is 0 Å². The summed E-state index contributed by atoms with van der Waals surface area (Å²) < 4.78 is 25.1. The van der Waals surface area contributed by atoms with Gasteiger partial charge in [0.2, 0.25) is 10.0 Å². The fourth-order valence-corrected chi connectivity index (χ4v) is 4.48. The number of rotatable bonds is 5. The molecule has 2 N–H and O–H groups in total. The zero-order valence-electron chi connectivity index (χ0n) is 13.5. The van der Waals surface area contributed by atoms with Gasteiger partial charge in [-0.3, -0.25) is 4.79 Å². The van der Waals surface area contributed by atoms with E-state index >= 15 is 0 Å². The van der Waals surface area contributed by atoms with E-state index in [1.807, 2.05) is 0 Å². The molecule has 1 aliphatic rings. The maximum atomic E-state index is 12.4. The van der Waals surface area contributed by atoms with Crippen LogP contribution < -0.4 is 5.32 Å². The van der Waals surface area contributed by atoms with Crippen molar-refractivity contribution in [3.8, 4) is 0 Å². The minimum atomic E-state index is -3.57. The van der Waals surface area contributed by atoms with E-state index < -0.39 is 27.4 Å². The lowest BCUT2D eigenvalue weighted by atomic mass is 9.92. The van der Waals surface area contributed by atoms with Crippen molar-refractivity contribution in [2.45, 2.75) is 23.3 Å². The van der Waals surface area contributed by atoms with Gasteiger partial charge in [0.1, 0.15) is 5.54 Å². The van der Waals surface area contributed by atoms with Crippen LogP contribution in [0.2, 0.25) is 0 Å². The molecular formula is C15H20N2O5S2. The maximum absolute atomic E-state index is 12.4. The Balaban J connectivity index is 2.20.